The number of thiophene rings is 1. The van der Waals surface area contributed by atoms with E-state index in [-0.39, 0.29) is 0 Å². The third-order valence-electron chi connectivity index (χ3n) is 8.01. The van der Waals surface area contributed by atoms with Gasteiger partial charge in [-0.05, 0) is 47.5 Å². The van der Waals surface area contributed by atoms with Crippen molar-refractivity contribution < 1.29 is 4.42 Å². The van der Waals surface area contributed by atoms with Crippen molar-refractivity contribution in [2.75, 3.05) is 0 Å². The van der Waals surface area contributed by atoms with Crippen LogP contribution in [0, 0.1) is 0 Å². The van der Waals surface area contributed by atoms with E-state index in [9.17, 15) is 0 Å². The Morgan fingerprint density at radius 2 is 1.18 bits per heavy atom. The van der Waals surface area contributed by atoms with Gasteiger partial charge in [0.25, 0.3) is 0 Å². The van der Waals surface area contributed by atoms with Gasteiger partial charge in [0.15, 0.2) is 5.58 Å². The van der Waals surface area contributed by atoms with E-state index >= 15 is 0 Å². The lowest BCUT2D eigenvalue weighted by atomic mass is 10.0. The number of aromatic nitrogens is 1. The smallest absolute Gasteiger partial charge is 0.159 e. The summed E-state index contributed by atoms with van der Waals surface area (Å²) < 4.78 is 11.7. The Bertz CT molecular complexity index is 2350. The molecule has 3 heterocycles. The lowest BCUT2D eigenvalue weighted by molar-refractivity contribution is 0.666. The van der Waals surface area contributed by atoms with Crippen molar-refractivity contribution in [3.63, 3.8) is 0 Å². The molecule has 6 aromatic carbocycles. The molecule has 3 aromatic heterocycles. The Hall–Kier alpha value is -4.86. The standard InChI is InChI=1S/C36H21NOS/c1-4-15-30-24(9-1)25-10-2-5-16-31(25)37(30)32-17-8-13-28-26-20-19-22(21-33(26)38-35(28)32)23-12-7-14-29-27-11-3-6-18-34(27)39-36(23)29/h1-21H. The summed E-state index contributed by atoms with van der Waals surface area (Å²) in [6.07, 6.45) is 0. The Kier molecular flexibility index (Phi) is 4.24. The van der Waals surface area contributed by atoms with Crippen LogP contribution in [0.4, 0.5) is 0 Å². The SMILES string of the molecule is c1ccc2c(c1)sc1c(-c3ccc4c(c3)oc3c(-n5c6ccccc6c6ccccc65)cccc34)cccc12. The topological polar surface area (TPSA) is 18.1 Å². The van der Waals surface area contributed by atoms with E-state index in [4.69, 9.17) is 4.42 Å². The van der Waals surface area contributed by atoms with Crippen LogP contribution in [0.3, 0.4) is 0 Å². The van der Waals surface area contributed by atoms with Gasteiger partial charge in [-0.2, -0.15) is 0 Å². The highest BCUT2D eigenvalue weighted by molar-refractivity contribution is 7.26. The fourth-order valence-electron chi connectivity index (χ4n) is 6.28. The van der Waals surface area contributed by atoms with Crippen molar-refractivity contribution >= 4 is 75.3 Å². The van der Waals surface area contributed by atoms with Gasteiger partial charge in [0.2, 0.25) is 0 Å². The van der Waals surface area contributed by atoms with Crippen LogP contribution >= 0.6 is 11.3 Å². The van der Waals surface area contributed by atoms with Crippen LogP contribution in [-0.4, -0.2) is 4.57 Å². The molecule has 0 fully saturated rings. The Balaban J connectivity index is 1.30. The first-order valence-electron chi connectivity index (χ1n) is 13.2. The summed E-state index contributed by atoms with van der Waals surface area (Å²) in [5.74, 6) is 0. The first kappa shape index (κ1) is 21.1. The third-order valence-corrected chi connectivity index (χ3v) is 9.23. The van der Waals surface area contributed by atoms with Gasteiger partial charge in [0.05, 0.1) is 16.7 Å². The molecule has 0 bridgehead atoms. The molecule has 0 aliphatic carbocycles. The highest BCUT2D eigenvalue weighted by Gasteiger charge is 2.18. The summed E-state index contributed by atoms with van der Waals surface area (Å²) in [5.41, 5.74) is 7.68. The van der Waals surface area contributed by atoms with Gasteiger partial charge in [-0.3, -0.25) is 0 Å². The van der Waals surface area contributed by atoms with Gasteiger partial charge >= 0.3 is 0 Å². The molecule has 0 spiro atoms. The van der Waals surface area contributed by atoms with E-state index in [1.807, 2.05) is 11.3 Å². The van der Waals surface area contributed by atoms with Crippen molar-refractivity contribution in [3.8, 4) is 16.8 Å². The maximum Gasteiger partial charge on any atom is 0.159 e. The molecule has 39 heavy (non-hydrogen) atoms. The summed E-state index contributed by atoms with van der Waals surface area (Å²) in [6, 6.07) is 45.7. The molecule has 0 atom stereocenters. The molecule has 0 aliphatic rings. The molecule has 0 amide bonds. The predicted octanol–water partition coefficient (Wildman–Crippen LogP) is 10.7. The van der Waals surface area contributed by atoms with E-state index in [0.717, 1.165) is 27.6 Å². The van der Waals surface area contributed by atoms with Gasteiger partial charge in [-0.25, -0.2) is 0 Å². The lowest BCUT2D eigenvalue weighted by Crippen LogP contribution is -1.93. The van der Waals surface area contributed by atoms with E-state index in [1.165, 1.54) is 53.1 Å². The van der Waals surface area contributed by atoms with Crippen LogP contribution in [-0.2, 0) is 0 Å². The molecule has 0 radical (unpaired) electrons. The van der Waals surface area contributed by atoms with Crippen LogP contribution in [0.25, 0.3) is 80.7 Å². The Morgan fingerprint density at radius 1 is 0.513 bits per heavy atom. The number of furan rings is 1. The van der Waals surface area contributed by atoms with Gasteiger partial charge < -0.3 is 8.98 Å². The Labute approximate surface area is 227 Å². The molecular weight excluding hydrogens is 494 g/mol. The maximum absolute atomic E-state index is 6.72. The van der Waals surface area contributed by atoms with E-state index < -0.39 is 0 Å². The number of nitrogens with zero attached hydrogens (tertiary/aromatic N) is 1. The summed E-state index contributed by atoms with van der Waals surface area (Å²) in [7, 11) is 0. The second kappa shape index (κ2) is 7.83. The molecule has 2 nitrogen and oxygen atoms in total. The van der Waals surface area contributed by atoms with Crippen LogP contribution < -0.4 is 0 Å². The normalized spacial score (nSPS) is 12.1. The summed E-state index contributed by atoms with van der Waals surface area (Å²) >= 11 is 1.86. The van der Waals surface area contributed by atoms with Crippen LogP contribution in [0.1, 0.15) is 0 Å². The average Bonchev–Trinajstić information content (AvgIpc) is 3.66. The second-order valence-corrected chi connectivity index (χ2v) is 11.2. The number of benzene rings is 6. The van der Waals surface area contributed by atoms with Gasteiger partial charge in [-0.15, -0.1) is 11.3 Å². The monoisotopic (exact) mass is 515 g/mol. The fourth-order valence-corrected chi connectivity index (χ4v) is 7.52. The summed E-state index contributed by atoms with van der Waals surface area (Å²) in [6.45, 7) is 0. The molecule has 9 aromatic rings. The van der Waals surface area contributed by atoms with Crippen molar-refractivity contribution in [2.45, 2.75) is 0 Å². The molecule has 182 valence electrons. The summed E-state index contributed by atoms with van der Waals surface area (Å²) in [4.78, 5) is 0. The lowest BCUT2D eigenvalue weighted by Gasteiger charge is -2.08. The Morgan fingerprint density at radius 3 is 2.00 bits per heavy atom. The number of hydrogen-bond acceptors (Lipinski definition) is 2. The van der Waals surface area contributed by atoms with E-state index in [1.54, 1.807) is 0 Å². The second-order valence-electron chi connectivity index (χ2n) is 10.1. The van der Waals surface area contributed by atoms with Gasteiger partial charge in [0, 0.05) is 41.7 Å². The van der Waals surface area contributed by atoms with Crippen molar-refractivity contribution in [2.24, 2.45) is 0 Å². The molecule has 9 rings (SSSR count). The minimum atomic E-state index is 0.911. The van der Waals surface area contributed by atoms with E-state index in [0.29, 0.717) is 0 Å². The predicted molar refractivity (Wildman–Crippen MR) is 166 cm³/mol. The maximum atomic E-state index is 6.72. The molecule has 0 aliphatic heterocycles. The quantitative estimate of drug-likeness (QED) is 0.224. The minimum Gasteiger partial charge on any atom is -0.454 e. The first-order valence-corrected chi connectivity index (χ1v) is 14.0. The van der Waals surface area contributed by atoms with Crippen LogP contribution in [0.5, 0.6) is 0 Å². The largest absolute Gasteiger partial charge is 0.454 e. The number of fused-ring (bicyclic) bond motifs is 9. The minimum absolute atomic E-state index is 0.911. The van der Waals surface area contributed by atoms with Crippen molar-refractivity contribution in [3.05, 3.63) is 127 Å². The van der Waals surface area contributed by atoms with Crippen molar-refractivity contribution in [1.82, 2.24) is 4.57 Å². The zero-order chi connectivity index (χ0) is 25.5. The zero-order valence-electron chi connectivity index (χ0n) is 20.9. The number of para-hydroxylation sites is 3. The van der Waals surface area contributed by atoms with Gasteiger partial charge in [-0.1, -0.05) is 91.0 Å². The molecule has 3 heteroatoms. The van der Waals surface area contributed by atoms with E-state index in [2.05, 4.69) is 132 Å². The highest BCUT2D eigenvalue weighted by Crippen LogP contribution is 2.42. The molecule has 0 saturated heterocycles. The zero-order valence-corrected chi connectivity index (χ0v) is 21.7. The molecule has 0 unspecified atom stereocenters. The van der Waals surface area contributed by atoms with Crippen molar-refractivity contribution in [1.29, 1.82) is 0 Å². The summed E-state index contributed by atoms with van der Waals surface area (Å²) in [5, 5.41) is 7.40. The molecular formula is C36H21NOS. The number of rotatable bonds is 2. The van der Waals surface area contributed by atoms with Gasteiger partial charge in [0.1, 0.15) is 5.58 Å². The molecule has 0 N–H and O–H groups in total. The third kappa shape index (κ3) is 2.91. The highest BCUT2D eigenvalue weighted by atomic mass is 32.1. The van der Waals surface area contributed by atoms with Crippen LogP contribution in [0.15, 0.2) is 132 Å². The average molecular weight is 516 g/mol. The fraction of sp³-hybridized carbons (Fsp3) is 0. The first-order chi connectivity index (χ1) is 19.3. The molecule has 0 saturated carbocycles. The number of hydrogen-bond donors (Lipinski definition) is 0. The van der Waals surface area contributed by atoms with Crippen LogP contribution in [0.2, 0.25) is 0 Å².